The fraction of sp³-hybridized carbons (Fsp3) is 0.625. The number of aryl methyl sites for hydroxylation is 1. The first-order valence-corrected chi connectivity index (χ1v) is 7.09. The lowest BCUT2D eigenvalue weighted by atomic mass is 10.0. The summed E-state index contributed by atoms with van der Waals surface area (Å²) in [4.78, 5) is 0. The van der Waals surface area contributed by atoms with Gasteiger partial charge < -0.3 is 14.8 Å². The second kappa shape index (κ2) is 6.40. The molecule has 106 valence electrons. The van der Waals surface area contributed by atoms with E-state index in [4.69, 9.17) is 9.47 Å². The number of ether oxygens (including phenoxy) is 2. The van der Waals surface area contributed by atoms with Crippen LogP contribution in [0.5, 0.6) is 5.75 Å². The molecule has 1 fully saturated rings. The molecule has 19 heavy (non-hydrogen) atoms. The Morgan fingerprint density at radius 3 is 2.74 bits per heavy atom. The maximum Gasteiger partial charge on any atom is 0.123 e. The first-order chi connectivity index (χ1) is 9.15. The summed E-state index contributed by atoms with van der Waals surface area (Å²) in [5.41, 5.74) is 2.44. The van der Waals surface area contributed by atoms with E-state index in [1.165, 1.54) is 24.0 Å². The Morgan fingerprint density at radius 1 is 1.26 bits per heavy atom. The van der Waals surface area contributed by atoms with Crippen LogP contribution in [-0.2, 0) is 4.74 Å². The Balaban J connectivity index is 2.09. The zero-order valence-corrected chi connectivity index (χ0v) is 12.4. The van der Waals surface area contributed by atoms with Gasteiger partial charge in [0.2, 0.25) is 0 Å². The quantitative estimate of drug-likeness (QED) is 0.884. The van der Waals surface area contributed by atoms with Crippen molar-refractivity contribution in [3.63, 3.8) is 0 Å². The van der Waals surface area contributed by atoms with Gasteiger partial charge in [-0.05, 0) is 44.7 Å². The number of hydrogen-bond acceptors (Lipinski definition) is 3. The summed E-state index contributed by atoms with van der Waals surface area (Å²) in [5, 5.41) is 3.69. The minimum atomic E-state index is 0.274. The van der Waals surface area contributed by atoms with Gasteiger partial charge in [-0.25, -0.2) is 0 Å². The molecule has 1 N–H and O–H groups in total. The molecule has 3 nitrogen and oxygen atoms in total. The van der Waals surface area contributed by atoms with E-state index in [0.29, 0.717) is 12.1 Å². The van der Waals surface area contributed by atoms with Crippen LogP contribution in [0.3, 0.4) is 0 Å². The van der Waals surface area contributed by atoms with Gasteiger partial charge in [0, 0.05) is 24.8 Å². The van der Waals surface area contributed by atoms with Gasteiger partial charge in [-0.15, -0.1) is 0 Å². The van der Waals surface area contributed by atoms with E-state index in [2.05, 4.69) is 37.4 Å². The van der Waals surface area contributed by atoms with Crippen LogP contribution in [0.2, 0.25) is 0 Å². The molecule has 3 atom stereocenters. The highest BCUT2D eigenvalue weighted by Gasteiger charge is 2.28. The van der Waals surface area contributed by atoms with Gasteiger partial charge in [-0.3, -0.25) is 0 Å². The summed E-state index contributed by atoms with van der Waals surface area (Å²) in [6.07, 6.45) is 3.94. The SMILES string of the molecule is COc1cc(C)ccc1C(C)NC1CCCC1OC. The third kappa shape index (κ3) is 3.28. The van der Waals surface area contributed by atoms with Crippen molar-refractivity contribution in [1.29, 1.82) is 0 Å². The van der Waals surface area contributed by atoms with E-state index in [-0.39, 0.29) is 6.04 Å². The van der Waals surface area contributed by atoms with Crippen molar-refractivity contribution in [3.05, 3.63) is 29.3 Å². The number of hydrogen-bond donors (Lipinski definition) is 1. The Hall–Kier alpha value is -1.06. The normalized spacial score (nSPS) is 24.4. The minimum absolute atomic E-state index is 0.274. The smallest absolute Gasteiger partial charge is 0.123 e. The Labute approximate surface area is 116 Å². The van der Waals surface area contributed by atoms with Crippen LogP contribution in [0, 0.1) is 6.92 Å². The highest BCUT2D eigenvalue weighted by Crippen LogP contribution is 2.29. The first kappa shape index (κ1) is 14.4. The van der Waals surface area contributed by atoms with Gasteiger partial charge in [0.25, 0.3) is 0 Å². The monoisotopic (exact) mass is 263 g/mol. The Bertz CT molecular complexity index is 419. The lowest BCUT2D eigenvalue weighted by Gasteiger charge is -2.25. The van der Waals surface area contributed by atoms with Crippen LogP contribution in [-0.4, -0.2) is 26.4 Å². The molecule has 1 aromatic carbocycles. The summed E-state index contributed by atoms with van der Waals surface area (Å²) >= 11 is 0. The molecule has 1 aliphatic carbocycles. The van der Waals surface area contributed by atoms with Crippen molar-refractivity contribution in [2.75, 3.05) is 14.2 Å². The second-order valence-corrected chi connectivity index (χ2v) is 5.45. The van der Waals surface area contributed by atoms with E-state index in [1.54, 1.807) is 7.11 Å². The number of benzene rings is 1. The fourth-order valence-electron chi connectivity index (χ4n) is 2.99. The molecule has 0 bridgehead atoms. The van der Waals surface area contributed by atoms with Crippen LogP contribution in [0.25, 0.3) is 0 Å². The molecule has 3 unspecified atom stereocenters. The summed E-state index contributed by atoms with van der Waals surface area (Å²) in [6.45, 7) is 4.28. The fourth-order valence-corrected chi connectivity index (χ4v) is 2.99. The third-order valence-electron chi connectivity index (χ3n) is 4.07. The highest BCUT2D eigenvalue weighted by molar-refractivity contribution is 5.39. The molecule has 3 heteroatoms. The van der Waals surface area contributed by atoms with Crippen LogP contribution in [0.15, 0.2) is 18.2 Å². The Kier molecular flexibility index (Phi) is 4.83. The van der Waals surface area contributed by atoms with Crippen molar-refractivity contribution in [1.82, 2.24) is 5.32 Å². The van der Waals surface area contributed by atoms with Crippen LogP contribution >= 0.6 is 0 Å². The van der Waals surface area contributed by atoms with Crippen molar-refractivity contribution >= 4 is 0 Å². The average Bonchev–Trinajstić information content (AvgIpc) is 2.85. The highest BCUT2D eigenvalue weighted by atomic mass is 16.5. The van der Waals surface area contributed by atoms with Gasteiger partial charge in [-0.2, -0.15) is 0 Å². The molecule has 1 aliphatic rings. The maximum absolute atomic E-state index is 5.54. The average molecular weight is 263 g/mol. The van der Waals surface area contributed by atoms with E-state index in [0.717, 1.165) is 12.2 Å². The topological polar surface area (TPSA) is 30.5 Å². The van der Waals surface area contributed by atoms with Crippen LogP contribution < -0.4 is 10.1 Å². The molecule has 0 aromatic heterocycles. The Morgan fingerprint density at radius 2 is 2.05 bits per heavy atom. The van der Waals surface area contributed by atoms with Crippen molar-refractivity contribution in [2.45, 2.75) is 51.3 Å². The molecular weight excluding hydrogens is 238 g/mol. The largest absolute Gasteiger partial charge is 0.496 e. The van der Waals surface area contributed by atoms with Crippen LogP contribution in [0.1, 0.15) is 43.4 Å². The molecule has 0 saturated heterocycles. The molecule has 2 rings (SSSR count). The van der Waals surface area contributed by atoms with Crippen molar-refractivity contribution < 1.29 is 9.47 Å². The zero-order valence-electron chi connectivity index (χ0n) is 12.4. The molecular formula is C16H25NO2. The minimum Gasteiger partial charge on any atom is -0.496 e. The summed E-state index contributed by atoms with van der Waals surface area (Å²) in [7, 11) is 3.54. The van der Waals surface area contributed by atoms with E-state index >= 15 is 0 Å². The predicted octanol–water partition coefficient (Wildman–Crippen LogP) is 3.22. The summed E-state index contributed by atoms with van der Waals surface area (Å²) < 4.78 is 11.0. The molecule has 0 heterocycles. The van der Waals surface area contributed by atoms with Gasteiger partial charge in [0.15, 0.2) is 0 Å². The van der Waals surface area contributed by atoms with E-state index < -0.39 is 0 Å². The molecule has 0 radical (unpaired) electrons. The van der Waals surface area contributed by atoms with Gasteiger partial charge >= 0.3 is 0 Å². The summed E-state index contributed by atoms with van der Waals surface area (Å²) in [5.74, 6) is 0.965. The van der Waals surface area contributed by atoms with E-state index in [9.17, 15) is 0 Å². The number of rotatable bonds is 5. The van der Waals surface area contributed by atoms with Crippen molar-refractivity contribution in [3.8, 4) is 5.75 Å². The second-order valence-electron chi connectivity index (χ2n) is 5.45. The first-order valence-electron chi connectivity index (χ1n) is 7.09. The summed E-state index contributed by atoms with van der Waals surface area (Å²) in [6, 6.07) is 7.11. The molecule has 1 saturated carbocycles. The molecule has 1 aromatic rings. The molecule has 0 spiro atoms. The van der Waals surface area contributed by atoms with Gasteiger partial charge in [0.05, 0.1) is 13.2 Å². The van der Waals surface area contributed by atoms with Crippen LogP contribution in [0.4, 0.5) is 0 Å². The predicted molar refractivity (Wildman–Crippen MR) is 77.7 cm³/mol. The lowest BCUT2D eigenvalue weighted by Crippen LogP contribution is -2.38. The lowest BCUT2D eigenvalue weighted by molar-refractivity contribution is 0.0818. The standard InChI is InChI=1S/C16H25NO2/c1-11-8-9-13(16(10-11)19-4)12(2)17-14-6-5-7-15(14)18-3/h8-10,12,14-15,17H,5-7H2,1-4H3. The number of methoxy groups -OCH3 is 2. The molecule has 0 aliphatic heterocycles. The third-order valence-corrected chi connectivity index (χ3v) is 4.07. The molecule has 0 amide bonds. The maximum atomic E-state index is 5.54. The number of nitrogens with one attached hydrogen (secondary N) is 1. The zero-order chi connectivity index (χ0) is 13.8. The van der Waals surface area contributed by atoms with Gasteiger partial charge in [-0.1, -0.05) is 12.1 Å². The van der Waals surface area contributed by atoms with E-state index in [1.807, 2.05) is 7.11 Å². The van der Waals surface area contributed by atoms with Gasteiger partial charge in [0.1, 0.15) is 5.75 Å². The van der Waals surface area contributed by atoms with Crippen molar-refractivity contribution in [2.24, 2.45) is 0 Å².